The highest BCUT2D eigenvalue weighted by atomic mass is 16.5. The lowest BCUT2D eigenvalue weighted by molar-refractivity contribution is -0.138. The Morgan fingerprint density at radius 3 is 2.52 bits per heavy atom. The standard InChI is InChI=1S/C21H32N2O2/c1-3-25-20-11-7-6-10-19(20)16-22-12-14-23(15-13-22)21(24)17(2)18-8-4-5-9-18/h6-7,10-11,17-18H,3-5,8-9,12-16H2,1-2H3. The molecule has 1 heterocycles. The Morgan fingerprint density at radius 1 is 1.16 bits per heavy atom. The first-order chi connectivity index (χ1) is 12.2. The predicted octanol–water partition coefficient (Wildman–Crippen LogP) is 3.56. The Labute approximate surface area is 152 Å². The van der Waals surface area contributed by atoms with E-state index in [2.05, 4.69) is 28.9 Å². The van der Waals surface area contributed by atoms with E-state index in [1.807, 2.05) is 19.1 Å². The van der Waals surface area contributed by atoms with Gasteiger partial charge in [0.15, 0.2) is 0 Å². The second kappa shape index (κ2) is 8.70. The van der Waals surface area contributed by atoms with Crippen LogP contribution in [0.5, 0.6) is 5.75 Å². The molecule has 1 saturated carbocycles. The third kappa shape index (κ3) is 4.55. The average Bonchev–Trinajstić information content (AvgIpc) is 3.18. The molecule has 1 aliphatic carbocycles. The molecule has 0 spiro atoms. The van der Waals surface area contributed by atoms with Crippen molar-refractivity contribution in [2.45, 2.75) is 46.1 Å². The average molecular weight is 344 g/mol. The summed E-state index contributed by atoms with van der Waals surface area (Å²) in [6.45, 7) is 9.36. The molecule has 1 amide bonds. The van der Waals surface area contributed by atoms with Crippen LogP contribution in [0.15, 0.2) is 24.3 Å². The molecule has 0 bridgehead atoms. The Hall–Kier alpha value is -1.55. The van der Waals surface area contributed by atoms with Gasteiger partial charge in [-0.05, 0) is 31.7 Å². The molecule has 1 aliphatic heterocycles. The molecule has 1 aromatic rings. The number of benzene rings is 1. The van der Waals surface area contributed by atoms with Crippen LogP contribution < -0.4 is 4.74 Å². The molecule has 0 aromatic heterocycles. The highest BCUT2D eigenvalue weighted by molar-refractivity contribution is 5.79. The van der Waals surface area contributed by atoms with Crippen LogP contribution in [0.4, 0.5) is 0 Å². The quantitative estimate of drug-likeness (QED) is 0.791. The summed E-state index contributed by atoms with van der Waals surface area (Å²) in [5.41, 5.74) is 1.24. The highest BCUT2D eigenvalue weighted by Gasteiger charge is 2.31. The van der Waals surface area contributed by atoms with Crippen LogP contribution in [-0.4, -0.2) is 48.5 Å². The van der Waals surface area contributed by atoms with Crippen molar-refractivity contribution < 1.29 is 9.53 Å². The van der Waals surface area contributed by atoms with Gasteiger partial charge in [0, 0.05) is 44.2 Å². The molecular weight excluding hydrogens is 312 g/mol. The molecule has 25 heavy (non-hydrogen) atoms. The van der Waals surface area contributed by atoms with Crippen LogP contribution in [-0.2, 0) is 11.3 Å². The molecule has 1 unspecified atom stereocenters. The zero-order valence-corrected chi connectivity index (χ0v) is 15.7. The molecule has 4 heteroatoms. The molecule has 0 radical (unpaired) electrons. The summed E-state index contributed by atoms with van der Waals surface area (Å²) < 4.78 is 5.74. The van der Waals surface area contributed by atoms with Crippen LogP contribution >= 0.6 is 0 Å². The third-order valence-corrected chi connectivity index (χ3v) is 5.85. The van der Waals surface area contributed by atoms with Crippen molar-refractivity contribution in [3.8, 4) is 5.75 Å². The number of nitrogens with zero attached hydrogens (tertiary/aromatic N) is 2. The lowest BCUT2D eigenvalue weighted by Crippen LogP contribution is -2.50. The second-order valence-corrected chi connectivity index (χ2v) is 7.48. The molecule has 4 nitrogen and oxygen atoms in total. The van der Waals surface area contributed by atoms with E-state index in [0.717, 1.165) is 38.5 Å². The van der Waals surface area contributed by atoms with E-state index in [0.29, 0.717) is 18.4 Å². The van der Waals surface area contributed by atoms with E-state index >= 15 is 0 Å². The van der Waals surface area contributed by atoms with Crippen molar-refractivity contribution in [2.75, 3.05) is 32.8 Å². The van der Waals surface area contributed by atoms with Gasteiger partial charge < -0.3 is 9.64 Å². The molecule has 1 atom stereocenters. The number of carbonyl (C=O) groups is 1. The van der Waals surface area contributed by atoms with Crippen molar-refractivity contribution in [3.63, 3.8) is 0 Å². The summed E-state index contributed by atoms with van der Waals surface area (Å²) in [5, 5.41) is 0. The smallest absolute Gasteiger partial charge is 0.225 e. The summed E-state index contributed by atoms with van der Waals surface area (Å²) in [5.74, 6) is 2.18. The summed E-state index contributed by atoms with van der Waals surface area (Å²) in [7, 11) is 0. The van der Waals surface area contributed by atoms with E-state index in [1.54, 1.807) is 0 Å². The maximum Gasteiger partial charge on any atom is 0.225 e. The zero-order valence-electron chi connectivity index (χ0n) is 15.7. The van der Waals surface area contributed by atoms with Gasteiger partial charge in [-0.1, -0.05) is 38.0 Å². The van der Waals surface area contributed by atoms with Gasteiger partial charge in [-0.3, -0.25) is 9.69 Å². The largest absolute Gasteiger partial charge is 0.494 e. The minimum absolute atomic E-state index is 0.202. The van der Waals surface area contributed by atoms with E-state index in [-0.39, 0.29) is 5.92 Å². The van der Waals surface area contributed by atoms with Gasteiger partial charge in [-0.25, -0.2) is 0 Å². The molecule has 0 N–H and O–H groups in total. The van der Waals surface area contributed by atoms with Gasteiger partial charge >= 0.3 is 0 Å². The third-order valence-electron chi connectivity index (χ3n) is 5.85. The first-order valence-electron chi connectivity index (χ1n) is 9.91. The van der Waals surface area contributed by atoms with Gasteiger partial charge in [0.1, 0.15) is 5.75 Å². The molecule has 2 aliphatic rings. The number of para-hydroxylation sites is 1. The number of carbonyl (C=O) groups excluding carboxylic acids is 1. The van der Waals surface area contributed by atoms with E-state index in [9.17, 15) is 4.79 Å². The van der Waals surface area contributed by atoms with E-state index < -0.39 is 0 Å². The van der Waals surface area contributed by atoms with Crippen molar-refractivity contribution in [1.29, 1.82) is 0 Å². The second-order valence-electron chi connectivity index (χ2n) is 7.48. The predicted molar refractivity (Wildman–Crippen MR) is 101 cm³/mol. The number of hydrogen-bond donors (Lipinski definition) is 0. The Morgan fingerprint density at radius 2 is 1.84 bits per heavy atom. The van der Waals surface area contributed by atoms with Crippen LogP contribution in [0.1, 0.15) is 45.1 Å². The highest BCUT2D eigenvalue weighted by Crippen LogP contribution is 2.32. The fraction of sp³-hybridized carbons (Fsp3) is 0.667. The van der Waals surface area contributed by atoms with Crippen LogP contribution in [0, 0.1) is 11.8 Å². The van der Waals surface area contributed by atoms with E-state index in [4.69, 9.17) is 4.74 Å². The molecule has 1 aromatic carbocycles. The van der Waals surface area contributed by atoms with Gasteiger partial charge in [0.2, 0.25) is 5.91 Å². The minimum atomic E-state index is 0.202. The Bertz CT molecular complexity index is 561. The number of amides is 1. The molecule has 3 rings (SSSR count). The zero-order chi connectivity index (χ0) is 17.6. The molecule has 1 saturated heterocycles. The lowest BCUT2D eigenvalue weighted by atomic mass is 9.91. The van der Waals surface area contributed by atoms with Crippen molar-refractivity contribution in [1.82, 2.24) is 9.80 Å². The number of ether oxygens (including phenoxy) is 1. The number of rotatable bonds is 6. The summed E-state index contributed by atoms with van der Waals surface area (Å²) in [6.07, 6.45) is 5.08. The van der Waals surface area contributed by atoms with Crippen LogP contribution in [0.25, 0.3) is 0 Å². The Balaban J connectivity index is 1.51. The van der Waals surface area contributed by atoms with Gasteiger partial charge in [-0.15, -0.1) is 0 Å². The minimum Gasteiger partial charge on any atom is -0.494 e. The summed E-state index contributed by atoms with van der Waals surface area (Å²) in [4.78, 5) is 17.3. The van der Waals surface area contributed by atoms with Gasteiger partial charge in [0.05, 0.1) is 6.61 Å². The monoisotopic (exact) mass is 344 g/mol. The molecule has 138 valence electrons. The fourth-order valence-corrected chi connectivity index (χ4v) is 4.25. The maximum absolute atomic E-state index is 12.8. The number of piperazine rings is 1. The maximum atomic E-state index is 12.8. The van der Waals surface area contributed by atoms with Crippen molar-refractivity contribution in [3.05, 3.63) is 29.8 Å². The molecule has 2 fully saturated rings. The van der Waals surface area contributed by atoms with E-state index in [1.165, 1.54) is 31.2 Å². The fourth-order valence-electron chi connectivity index (χ4n) is 4.25. The summed E-state index contributed by atoms with van der Waals surface area (Å²) in [6, 6.07) is 8.28. The normalized spacial score (nSPS) is 20.6. The first-order valence-corrected chi connectivity index (χ1v) is 9.91. The lowest BCUT2D eigenvalue weighted by Gasteiger charge is -2.37. The van der Waals surface area contributed by atoms with Crippen LogP contribution in [0.2, 0.25) is 0 Å². The van der Waals surface area contributed by atoms with Gasteiger partial charge in [-0.2, -0.15) is 0 Å². The van der Waals surface area contributed by atoms with Crippen molar-refractivity contribution in [2.24, 2.45) is 11.8 Å². The summed E-state index contributed by atoms with van der Waals surface area (Å²) >= 11 is 0. The van der Waals surface area contributed by atoms with Crippen LogP contribution in [0.3, 0.4) is 0 Å². The first kappa shape index (κ1) is 18.2. The van der Waals surface area contributed by atoms with Gasteiger partial charge in [0.25, 0.3) is 0 Å². The topological polar surface area (TPSA) is 32.8 Å². The molecular formula is C21H32N2O2. The van der Waals surface area contributed by atoms with Crippen molar-refractivity contribution >= 4 is 5.91 Å². The number of hydrogen-bond acceptors (Lipinski definition) is 3. The SMILES string of the molecule is CCOc1ccccc1CN1CCN(C(=O)C(C)C2CCCC2)CC1. The Kier molecular flexibility index (Phi) is 6.35.